The SMILES string of the molecule is Oc1cc(CCc2ccccc2)cc2cncnc12. The lowest BCUT2D eigenvalue weighted by molar-refractivity contribution is 0.479. The smallest absolute Gasteiger partial charge is 0.142 e. The molecule has 0 saturated carbocycles. The van der Waals surface area contributed by atoms with Gasteiger partial charge in [-0.25, -0.2) is 9.97 Å². The summed E-state index contributed by atoms with van der Waals surface area (Å²) in [7, 11) is 0. The van der Waals surface area contributed by atoms with Gasteiger partial charge in [0.2, 0.25) is 0 Å². The molecule has 3 heteroatoms. The van der Waals surface area contributed by atoms with Crippen LogP contribution in [0.5, 0.6) is 5.75 Å². The maximum atomic E-state index is 9.96. The third-order valence-corrected chi connectivity index (χ3v) is 3.19. The van der Waals surface area contributed by atoms with E-state index in [0.29, 0.717) is 5.52 Å². The van der Waals surface area contributed by atoms with Crippen LogP contribution >= 0.6 is 0 Å². The quantitative estimate of drug-likeness (QED) is 0.776. The highest BCUT2D eigenvalue weighted by Gasteiger charge is 2.04. The fourth-order valence-electron chi connectivity index (χ4n) is 2.22. The van der Waals surface area contributed by atoms with Crippen LogP contribution in [0.25, 0.3) is 10.9 Å². The van der Waals surface area contributed by atoms with Gasteiger partial charge < -0.3 is 5.11 Å². The molecule has 0 spiro atoms. The van der Waals surface area contributed by atoms with Gasteiger partial charge in [-0.15, -0.1) is 0 Å². The van der Waals surface area contributed by atoms with Gasteiger partial charge in [-0.05, 0) is 36.1 Å². The minimum atomic E-state index is 0.225. The molecule has 1 aromatic heterocycles. The molecule has 3 aromatic rings. The Hall–Kier alpha value is -2.42. The second-order valence-corrected chi connectivity index (χ2v) is 4.56. The number of aryl methyl sites for hydroxylation is 2. The van der Waals surface area contributed by atoms with Gasteiger partial charge in [0, 0.05) is 11.6 Å². The van der Waals surface area contributed by atoms with E-state index in [0.717, 1.165) is 23.8 Å². The van der Waals surface area contributed by atoms with Gasteiger partial charge in [0.05, 0.1) is 0 Å². The topological polar surface area (TPSA) is 46.0 Å². The summed E-state index contributed by atoms with van der Waals surface area (Å²) in [5, 5.41) is 10.8. The van der Waals surface area contributed by atoms with Gasteiger partial charge in [0.1, 0.15) is 17.6 Å². The van der Waals surface area contributed by atoms with Crippen LogP contribution in [-0.4, -0.2) is 15.1 Å². The number of aromatic nitrogens is 2. The van der Waals surface area contributed by atoms with Gasteiger partial charge in [0.25, 0.3) is 0 Å². The summed E-state index contributed by atoms with van der Waals surface area (Å²) in [4.78, 5) is 8.07. The first kappa shape index (κ1) is 11.7. The average molecular weight is 250 g/mol. The van der Waals surface area contributed by atoms with Crippen molar-refractivity contribution in [2.75, 3.05) is 0 Å². The van der Waals surface area contributed by atoms with Crippen molar-refractivity contribution in [3.63, 3.8) is 0 Å². The van der Waals surface area contributed by atoms with Crippen molar-refractivity contribution in [2.45, 2.75) is 12.8 Å². The predicted molar refractivity (Wildman–Crippen MR) is 75.1 cm³/mol. The van der Waals surface area contributed by atoms with Crippen molar-refractivity contribution in [3.05, 3.63) is 66.1 Å². The molecule has 0 fully saturated rings. The van der Waals surface area contributed by atoms with E-state index in [1.807, 2.05) is 24.3 Å². The summed E-state index contributed by atoms with van der Waals surface area (Å²) in [5.41, 5.74) is 3.01. The van der Waals surface area contributed by atoms with Crippen LogP contribution in [0, 0.1) is 0 Å². The number of nitrogens with zero attached hydrogens (tertiary/aromatic N) is 2. The maximum Gasteiger partial charge on any atom is 0.142 e. The van der Waals surface area contributed by atoms with Crippen LogP contribution in [0.4, 0.5) is 0 Å². The highest BCUT2D eigenvalue weighted by atomic mass is 16.3. The molecular weight excluding hydrogens is 236 g/mol. The van der Waals surface area contributed by atoms with Crippen molar-refractivity contribution in [1.82, 2.24) is 9.97 Å². The maximum absolute atomic E-state index is 9.96. The largest absolute Gasteiger partial charge is 0.506 e. The molecule has 2 aromatic carbocycles. The van der Waals surface area contributed by atoms with E-state index in [1.165, 1.54) is 11.9 Å². The molecule has 0 aliphatic rings. The van der Waals surface area contributed by atoms with Gasteiger partial charge in [-0.2, -0.15) is 0 Å². The number of phenolic OH excluding ortho intramolecular Hbond substituents is 1. The van der Waals surface area contributed by atoms with E-state index >= 15 is 0 Å². The van der Waals surface area contributed by atoms with Gasteiger partial charge >= 0.3 is 0 Å². The zero-order valence-electron chi connectivity index (χ0n) is 10.5. The Morgan fingerprint density at radius 3 is 2.58 bits per heavy atom. The second kappa shape index (κ2) is 5.06. The Bertz CT molecular complexity index is 695. The molecule has 3 rings (SSSR count). The molecule has 1 N–H and O–H groups in total. The fraction of sp³-hybridized carbons (Fsp3) is 0.125. The van der Waals surface area contributed by atoms with Crippen molar-refractivity contribution in [2.24, 2.45) is 0 Å². The highest BCUT2D eigenvalue weighted by molar-refractivity contribution is 5.84. The van der Waals surface area contributed by atoms with Crippen LogP contribution in [0.15, 0.2) is 55.0 Å². The number of aromatic hydroxyl groups is 1. The molecule has 19 heavy (non-hydrogen) atoms. The van der Waals surface area contributed by atoms with Crippen molar-refractivity contribution >= 4 is 10.9 Å². The van der Waals surface area contributed by atoms with E-state index in [9.17, 15) is 5.11 Å². The molecule has 0 unspecified atom stereocenters. The van der Waals surface area contributed by atoms with E-state index in [2.05, 4.69) is 22.1 Å². The number of phenols is 1. The summed E-state index contributed by atoms with van der Waals surface area (Å²) in [6.07, 6.45) is 5.03. The summed E-state index contributed by atoms with van der Waals surface area (Å²) >= 11 is 0. The molecule has 0 radical (unpaired) electrons. The third kappa shape index (κ3) is 2.55. The van der Waals surface area contributed by atoms with Gasteiger partial charge in [-0.3, -0.25) is 0 Å². The van der Waals surface area contributed by atoms with Crippen LogP contribution in [0.2, 0.25) is 0 Å². The van der Waals surface area contributed by atoms with Crippen LogP contribution < -0.4 is 0 Å². The molecule has 0 saturated heterocycles. The van der Waals surface area contributed by atoms with E-state index < -0.39 is 0 Å². The third-order valence-electron chi connectivity index (χ3n) is 3.19. The highest BCUT2D eigenvalue weighted by Crippen LogP contribution is 2.24. The Kier molecular flexibility index (Phi) is 3.11. The molecule has 0 atom stereocenters. The number of hydrogen-bond donors (Lipinski definition) is 1. The summed E-state index contributed by atoms with van der Waals surface area (Å²) in [5.74, 6) is 0.225. The Balaban J connectivity index is 1.85. The number of hydrogen-bond acceptors (Lipinski definition) is 3. The van der Waals surface area contributed by atoms with Gasteiger partial charge in [0.15, 0.2) is 0 Å². The van der Waals surface area contributed by atoms with Crippen LogP contribution in [-0.2, 0) is 12.8 Å². The normalized spacial score (nSPS) is 10.7. The molecular formula is C16H14N2O. The standard InChI is InChI=1S/C16H14N2O/c19-15-9-13(7-6-12-4-2-1-3-5-12)8-14-10-17-11-18-16(14)15/h1-5,8-11,19H,6-7H2. The van der Waals surface area contributed by atoms with Gasteiger partial charge in [-0.1, -0.05) is 30.3 Å². The average Bonchev–Trinajstić information content (AvgIpc) is 2.46. The summed E-state index contributed by atoms with van der Waals surface area (Å²) in [6.45, 7) is 0. The van der Waals surface area contributed by atoms with Crippen LogP contribution in [0.1, 0.15) is 11.1 Å². The first-order chi connectivity index (χ1) is 9.33. The monoisotopic (exact) mass is 250 g/mol. The molecule has 94 valence electrons. The molecule has 1 heterocycles. The minimum Gasteiger partial charge on any atom is -0.506 e. The van der Waals surface area contributed by atoms with Crippen molar-refractivity contribution < 1.29 is 5.11 Å². The van der Waals surface area contributed by atoms with E-state index in [-0.39, 0.29) is 5.75 Å². The molecule has 0 amide bonds. The zero-order valence-corrected chi connectivity index (χ0v) is 10.5. The molecule has 0 bridgehead atoms. The summed E-state index contributed by atoms with van der Waals surface area (Å²) < 4.78 is 0. The predicted octanol–water partition coefficient (Wildman–Crippen LogP) is 3.12. The Morgan fingerprint density at radius 2 is 1.74 bits per heavy atom. The molecule has 0 aliphatic heterocycles. The summed E-state index contributed by atoms with van der Waals surface area (Å²) in [6, 6.07) is 14.2. The molecule has 3 nitrogen and oxygen atoms in total. The lowest BCUT2D eigenvalue weighted by Gasteiger charge is -2.05. The van der Waals surface area contributed by atoms with E-state index in [1.54, 1.807) is 12.3 Å². The second-order valence-electron chi connectivity index (χ2n) is 4.56. The Labute approximate surface area is 111 Å². The van der Waals surface area contributed by atoms with Crippen molar-refractivity contribution in [3.8, 4) is 5.75 Å². The first-order valence-electron chi connectivity index (χ1n) is 6.28. The Morgan fingerprint density at radius 1 is 0.947 bits per heavy atom. The first-order valence-corrected chi connectivity index (χ1v) is 6.28. The number of fused-ring (bicyclic) bond motifs is 1. The molecule has 0 aliphatic carbocycles. The fourth-order valence-corrected chi connectivity index (χ4v) is 2.22. The number of rotatable bonds is 3. The zero-order chi connectivity index (χ0) is 13.1. The van der Waals surface area contributed by atoms with Crippen LogP contribution in [0.3, 0.4) is 0 Å². The lowest BCUT2D eigenvalue weighted by Crippen LogP contribution is -1.92. The van der Waals surface area contributed by atoms with Crippen molar-refractivity contribution in [1.29, 1.82) is 0 Å². The van der Waals surface area contributed by atoms with E-state index in [4.69, 9.17) is 0 Å². The minimum absolute atomic E-state index is 0.225. The number of benzene rings is 2. The lowest BCUT2D eigenvalue weighted by atomic mass is 10.0.